The summed E-state index contributed by atoms with van der Waals surface area (Å²) in [5, 5.41) is 14.0. The number of sulfonamides is 1. The van der Waals surface area contributed by atoms with E-state index in [4.69, 9.17) is 0 Å². The molecule has 0 atom stereocenters. The van der Waals surface area contributed by atoms with Gasteiger partial charge in [-0.3, -0.25) is 0 Å². The summed E-state index contributed by atoms with van der Waals surface area (Å²) in [6, 6.07) is -0.652. The second kappa shape index (κ2) is 6.89. The molecule has 9 heteroatoms. The molecule has 4 N–H and O–H groups in total. The van der Waals surface area contributed by atoms with Gasteiger partial charge in [0.1, 0.15) is 5.54 Å². The Labute approximate surface area is 118 Å². The fourth-order valence-corrected chi connectivity index (χ4v) is 3.18. The normalized spacial score (nSPS) is 17.6. The van der Waals surface area contributed by atoms with Crippen LogP contribution in [0.5, 0.6) is 0 Å². The molecule has 8 nitrogen and oxygen atoms in total. The Balaban J connectivity index is 2.42. The van der Waals surface area contributed by atoms with Gasteiger partial charge in [-0.15, -0.1) is 0 Å². The Morgan fingerprint density at radius 3 is 2.35 bits per heavy atom. The van der Waals surface area contributed by atoms with Gasteiger partial charge in [-0.1, -0.05) is 19.8 Å². The number of aliphatic carboxylic acids is 1. The van der Waals surface area contributed by atoms with Crippen LogP contribution in [0.2, 0.25) is 0 Å². The molecule has 1 aliphatic carbocycles. The smallest absolute Gasteiger partial charge is 0.329 e. The number of rotatable bonds is 7. The van der Waals surface area contributed by atoms with E-state index in [2.05, 4.69) is 15.4 Å². The molecule has 0 aromatic carbocycles. The predicted octanol–water partition coefficient (Wildman–Crippen LogP) is -0.378. The van der Waals surface area contributed by atoms with Crippen molar-refractivity contribution in [1.29, 1.82) is 0 Å². The molecule has 0 bridgehead atoms. The van der Waals surface area contributed by atoms with Crippen LogP contribution in [0.1, 0.15) is 32.6 Å². The Hall–Kier alpha value is -1.35. The molecule has 2 amide bonds. The highest BCUT2D eigenvalue weighted by molar-refractivity contribution is 7.89. The number of nitrogens with one attached hydrogen (secondary N) is 3. The molecule has 1 saturated carbocycles. The van der Waals surface area contributed by atoms with E-state index < -0.39 is 27.6 Å². The zero-order chi connectivity index (χ0) is 15.2. The SMILES string of the molecule is CCNS(=O)(=O)CCNC(=O)NC1(C(=O)O)CCCC1. The van der Waals surface area contributed by atoms with Crippen molar-refractivity contribution in [2.24, 2.45) is 0 Å². The first-order valence-corrected chi connectivity index (χ1v) is 8.23. The van der Waals surface area contributed by atoms with Crippen LogP contribution in [0.4, 0.5) is 4.79 Å². The summed E-state index contributed by atoms with van der Waals surface area (Å²) in [5.41, 5.74) is -1.22. The number of carboxylic acid groups (broad SMARTS) is 1. The van der Waals surface area contributed by atoms with Gasteiger partial charge in [-0.25, -0.2) is 22.7 Å². The van der Waals surface area contributed by atoms with Crippen molar-refractivity contribution in [1.82, 2.24) is 15.4 Å². The van der Waals surface area contributed by atoms with Crippen LogP contribution < -0.4 is 15.4 Å². The maximum absolute atomic E-state index is 11.7. The van der Waals surface area contributed by atoms with E-state index in [1.807, 2.05) is 0 Å². The highest BCUT2D eigenvalue weighted by Crippen LogP contribution is 2.29. The first-order valence-electron chi connectivity index (χ1n) is 6.58. The van der Waals surface area contributed by atoms with Crippen molar-refractivity contribution in [3.63, 3.8) is 0 Å². The van der Waals surface area contributed by atoms with Crippen molar-refractivity contribution in [3.8, 4) is 0 Å². The van der Waals surface area contributed by atoms with Gasteiger partial charge in [0.05, 0.1) is 5.75 Å². The molecule has 0 aliphatic heterocycles. The maximum Gasteiger partial charge on any atom is 0.329 e. The summed E-state index contributed by atoms with van der Waals surface area (Å²) in [5.74, 6) is -1.29. The largest absolute Gasteiger partial charge is 0.480 e. The topological polar surface area (TPSA) is 125 Å². The summed E-state index contributed by atoms with van der Waals surface area (Å²) in [6.45, 7) is 1.88. The molecule has 0 radical (unpaired) electrons. The number of amides is 2. The van der Waals surface area contributed by atoms with Crippen molar-refractivity contribution < 1.29 is 23.1 Å². The minimum absolute atomic E-state index is 0.0726. The van der Waals surface area contributed by atoms with Crippen molar-refractivity contribution in [2.45, 2.75) is 38.1 Å². The summed E-state index contributed by atoms with van der Waals surface area (Å²) in [4.78, 5) is 22.9. The number of carbonyl (C=O) groups excluding carboxylic acids is 1. The Bertz CT molecular complexity index is 457. The quantitative estimate of drug-likeness (QED) is 0.510. The summed E-state index contributed by atoms with van der Waals surface area (Å²) < 4.78 is 25.0. The lowest BCUT2D eigenvalue weighted by Gasteiger charge is -2.25. The zero-order valence-electron chi connectivity index (χ0n) is 11.4. The molecule has 0 saturated heterocycles. The molecular formula is C11H21N3O5S. The van der Waals surface area contributed by atoms with Gasteiger partial charge < -0.3 is 15.7 Å². The van der Waals surface area contributed by atoms with E-state index in [1.54, 1.807) is 6.92 Å². The summed E-state index contributed by atoms with van der Waals surface area (Å²) >= 11 is 0. The van der Waals surface area contributed by atoms with Gasteiger partial charge >= 0.3 is 12.0 Å². The van der Waals surface area contributed by atoms with E-state index in [1.165, 1.54) is 0 Å². The molecule has 116 valence electrons. The van der Waals surface area contributed by atoms with Crippen molar-refractivity contribution >= 4 is 22.0 Å². The first kappa shape index (κ1) is 16.7. The predicted molar refractivity (Wildman–Crippen MR) is 72.8 cm³/mol. The molecule has 1 aliphatic rings. The minimum Gasteiger partial charge on any atom is -0.480 e. The maximum atomic E-state index is 11.7. The number of hydrogen-bond donors (Lipinski definition) is 4. The third-order valence-electron chi connectivity index (χ3n) is 3.24. The first-order chi connectivity index (χ1) is 9.31. The van der Waals surface area contributed by atoms with Gasteiger partial charge in [0.2, 0.25) is 10.0 Å². The van der Waals surface area contributed by atoms with Gasteiger partial charge in [-0.05, 0) is 12.8 Å². The number of urea groups is 1. The molecule has 1 rings (SSSR count). The number of hydrogen-bond acceptors (Lipinski definition) is 4. The molecule has 0 aromatic heterocycles. The average Bonchev–Trinajstić information content (AvgIpc) is 2.78. The van der Waals surface area contributed by atoms with E-state index in [9.17, 15) is 23.1 Å². The fraction of sp³-hybridized carbons (Fsp3) is 0.818. The van der Waals surface area contributed by atoms with Gasteiger partial charge in [0.15, 0.2) is 0 Å². The molecule has 0 spiro atoms. The van der Waals surface area contributed by atoms with Crippen LogP contribution in [0.15, 0.2) is 0 Å². The van der Waals surface area contributed by atoms with Crippen LogP contribution in [-0.4, -0.2) is 49.9 Å². The van der Waals surface area contributed by atoms with E-state index in [0.717, 1.165) is 12.8 Å². The number of carboxylic acids is 1. The molecule has 0 aromatic rings. The average molecular weight is 307 g/mol. The Morgan fingerprint density at radius 2 is 1.85 bits per heavy atom. The lowest BCUT2D eigenvalue weighted by atomic mass is 9.98. The van der Waals surface area contributed by atoms with Crippen molar-refractivity contribution in [3.05, 3.63) is 0 Å². The van der Waals surface area contributed by atoms with E-state index in [-0.39, 0.29) is 18.8 Å². The van der Waals surface area contributed by atoms with E-state index in [0.29, 0.717) is 12.8 Å². The molecule has 0 heterocycles. The van der Waals surface area contributed by atoms with Crippen LogP contribution in [-0.2, 0) is 14.8 Å². The molecule has 1 fully saturated rings. The standard InChI is InChI=1S/C11H21N3O5S/c1-2-13-20(18,19)8-7-12-10(17)14-11(9(15)16)5-3-4-6-11/h13H,2-8H2,1H3,(H,15,16)(H2,12,14,17). The van der Waals surface area contributed by atoms with Gasteiger partial charge in [-0.2, -0.15) is 0 Å². The third-order valence-corrected chi connectivity index (χ3v) is 4.71. The van der Waals surface area contributed by atoms with Gasteiger partial charge in [0.25, 0.3) is 0 Å². The minimum atomic E-state index is -3.39. The number of carbonyl (C=O) groups is 2. The van der Waals surface area contributed by atoms with Crippen LogP contribution in [0.3, 0.4) is 0 Å². The summed E-state index contributed by atoms with van der Waals surface area (Å²) in [6.07, 6.45) is 2.29. The summed E-state index contributed by atoms with van der Waals surface area (Å²) in [7, 11) is -3.39. The van der Waals surface area contributed by atoms with Crippen molar-refractivity contribution in [2.75, 3.05) is 18.8 Å². The Morgan fingerprint density at radius 1 is 1.25 bits per heavy atom. The lowest BCUT2D eigenvalue weighted by Crippen LogP contribution is -2.56. The van der Waals surface area contributed by atoms with Crippen LogP contribution in [0, 0.1) is 0 Å². The monoisotopic (exact) mass is 307 g/mol. The van der Waals surface area contributed by atoms with Crippen LogP contribution in [0.25, 0.3) is 0 Å². The molecule has 0 unspecified atom stereocenters. The molecular weight excluding hydrogens is 286 g/mol. The van der Waals surface area contributed by atoms with E-state index >= 15 is 0 Å². The zero-order valence-corrected chi connectivity index (χ0v) is 12.3. The second-order valence-electron chi connectivity index (χ2n) is 4.79. The third kappa shape index (κ3) is 4.64. The second-order valence-corrected chi connectivity index (χ2v) is 6.72. The Kier molecular flexibility index (Phi) is 5.75. The highest BCUT2D eigenvalue weighted by atomic mass is 32.2. The highest BCUT2D eigenvalue weighted by Gasteiger charge is 2.42. The van der Waals surface area contributed by atoms with Crippen LogP contribution >= 0.6 is 0 Å². The fourth-order valence-electron chi connectivity index (χ4n) is 2.22. The lowest BCUT2D eigenvalue weighted by molar-refractivity contribution is -0.144. The van der Waals surface area contributed by atoms with Gasteiger partial charge in [0, 0.05) is 13.1 Å². The molecule has 20 heavy (non-hydrogen) atoms.